The molecular weight excluding hydrogens is 1100 g/mol. The van der Waals surface area contributed by atoms with E-state index >= 15 is 0 Å². The lowest BCUT2D eigenvalue weighted by Gasteiger charge is -2.25. The van der Waals surface area contributed by atoms with E-state index in [1.165, 1.54) is 327 Å². The smallest absolute Gasteiger partial charge is 0.361 e. The minimum absolute atomic E-state index is 0.175. The Labute approximate surface area is 553 Å². The van der Waals surface area contributed by atoms with Crippen LogP contribution >= 0.6 is 0 Å². The molecule has 0 aromatic rings. The third-order valence-corrected chi connectivity index (χ3v) is 17.9. The van der Waals surface area contributed by atoms with Crippen molar-refractivity contribution in [3.05, 3.63) is 36.5 Å². The fourth-order valence-electron chi connectivity index (χ4n) is 11.9. The predicted molar refractivity (Wildman–Crippen MR) is 383 cm³/mol. The van der Waals surface area contributed by atoms with Gasteiger partial charge in [-0.1, -0.05) is 352 Å². The van der Waals surface area contributed by atoms with E-state index in [0.29, 0.717) is 17.4 Å². The van der Waals surface area contributed by atoms with Crippen LogP contribution in [-0.2, 0) is 33.3 Å². The molecule has 2 atom stereocenters. The van der Waals surface area contributed by atoms with Gasteiger partial charge in [-0.25, -0.2) is 4.79 Å². The van der Waals surface area contributed by atoms with Crippen LogP contribution in [-0.4, -0.2) is 87.4 Å². The number of carboxylic acid groups (broad SMARTS) is 1. The van der Waals surface area contributed by atoms with Crippen molar-refractivity contribution in [2.24, 2.45) is 0 Å². The molecule has 0 radical (unpaired) electrons. The first kappa shape index (κ1) is 86.5. The van der Waals surface area contributed by atoms with Gasteiger partial charge < -0.3 is 28.5 Å². The topological polar surface area (TPSA) is 108 Å². The standard InChI is InChI=1S/C80H151NO8/c1-6-8-10-12-14-16-18-20-22-24-26-28-30-32-34-36-37-38-39-40-41-43-45-47-49-51-53-55-57-59-61-63-65-67-69-71-78(83)89-76(75-88-80(79(84)85)86-73-72-81(3,4)5)74-87-77(82)70-68-66-64-62-60-58-56-54-52-50-48-46-44-42-35-33-31-29-27-25-23-21-19-17-15-13-11-9-7-2/h18,20,24-27,76,80H,6-17,19,21-23,28-75H2,1-5H3/p+1/b20-18-,26-24-,27-25-. The number of rotatable bonds is 74. The van der Waals surface area contributed by atoms with Gasteiger partial charge in [-0.2, -0.15) is 0 Å². The summed E-state index contributed by atoms with van der Waals surface area (Å²) < 4.78 is 23.1. The molecule has 524 valence electrons. The molecule has 89 heavy (non-hydrogen) atoms. The number of carboxylic acids is 1. The minimum atomic E-state index is -1.51. The second-order valence-electron chi connectivity index (χ2n) is 28.0. The maximum atomic E-state index is 13.0. The molecule has 0 heterocycles. The van der Waals surface area contributed by atoms with Crippen LogP contribution in [0.1, 0.15) is 399 Å². The van der Waals surface area contributed by atoms with Gasteiger partial charge in [0.25, 0.3) is 6.29 Å². The van der Waals surface area contributed by atoms with Crippen molar-refractivity contribution in [3.8, 4) is 0 Å². The predicted octanol–water partition coefficient (Wildman–Crippen LogP) is 24.7. The van der Waals surface area contributed by atoms with E-state index in [0.717, 1.165) is 44.9 Å². The Kier molecular flexibility index (Phi) is 69.4. The van der Waals surface area contributed by atoms with E-state index in [1.807, 2.05) is 21.1 Å². The number of hydrogen-bond acceptors (Lipinski definition) is 7. The van der Waals surface area contributed by atoms with Gasteiger partial charge in [0, 0.05) is 12.8 Å². The van der Waals surface area contributed by atoms with Crippen LogP contribution in [0.25, 0.3) is 0 Å². The zero-order chi connectivity index (χ0) is 64.7. The van der Waals surface area contributed by atoms with Gasteiger partial charge in [0.1, 0.15) is 13.2 Å². The molecule has 0 amide bonds. The summed E-state index contributed by atoms with van der Waals surface area (Å²) in [7, 11) is 6.00. The van der Waals surface area contributed by atoms with Crippen LogP contribution in [0.15, 0.2) is 36.5 Å². The Morgan fingerprint density at radius 1 is 0.337 bits per heavy atom. The number of unbranched alkanes of at least 4 members (excludes halogenated alkanes) is 53. The largest absolute Gasteiger partial charge is 0.477 e. The van der Waals surface area contributed by atoms with Gasteiger partial charge >= 0.3 is 17.9 Å². The normalized spacial score (nSPS) is 12.8. The van der Waals surface area contributed by atoms with E-state index in [2.05, 4.69) is 50.3 Å². The number of quaternary nitrogens is 1. The summed E-state index contributed by atoms with van der Waals surface area (Å²) in [5.74, 6) is -1.97. The Morgan fingerprint density at radius 2 is 0.607 bits per heavy atom. The summed E-state index contributed by atoms with van der Waals surface area (Å²) in [6.45, 7) is 4.94. The number of allylic oxidation sites excluding steroid dienone is 6. The third kappa shape index (κ3) is 72.8. The fourth-order valence-corrected chi connectivity index (χ4v) is 11.9. The average Bonchev–Trinajstić information content (AvgIpc) is 3.64. The first-order valence-electron chi connectivity index (χ1n) is 39.2. The lowest BCUT2D eigenvalue weighted by Crippen LogP contribution is -2.40. The fraction of sp³-hybridized carbons (Fsp3) is 0.887. The zero-order valence-electron chi connectivity index (χ0n) is 60.1. The number of carbonyl (C=O) groups excluding carboxylic acids is 2. The quantitative estimate of drug-likeness (QED) is 0.0211. The molecule has 0 aliphatic rings. The van der Waals surface area contributed by atoms with Crippen molar-refractivity contribution >= 4 is 17.9 Å². The summed E-state index contributed by atoms with van der Waals surface area (Å²) in [5, 5.41) is 9.77. The number of ether oxygens (including phenoxy) is 4. The molecule has 0 saturated heterocycles. The maximum absolute atomic E-state index is 13.0. The average molecular weight is 1260 g/mol. The monoisotopic (exact) mass is 1260 g/mol. The number of nitrogens with zero attached hydrogens (tertiary/aromatic N) is 1. The summed E-state index contributed by atoms with van der Waals surface area (Å²) >= 11 is 0. The molecule has 0 bridgehead atoms. The van der Waals surface area contributed by atoms with Gasteiger partial charge in [-0.05, 0) is 70.6 Å². The van der Waals surface area contributed by atoms with Crippen molar-refractivity contribution in [1.82, 2.24) is 0 Å². The van der Waals surface area contributed by atoms with Crippen molar-refractivity contribution in [1.29, 1.82) is 0 Å². The number of likely N-dealkylation sites (N-methyl/N-ethyl adjacent to an activating group) is 1. The molecule has 0 aliphatic carbocycles. The van der Waals surface area contributed by atoms with E-state index in [-0.39, 0.29) is 38.2 Å². The zero-order valence-corrected chi connectivity index (χ0v) is 60.1. The lowest BCUT2D eigenvalue weighted by molar-refractivity contribution is -0.870. The van der Waals surface area contributed by atoms with Crippen LogP contribution in [0.3, 0.4) is 0 Å². The Balaban J connectivity index is 3.99. The van der Waals surface area contributed by atoms with Gasteiger partial charge in [-0.3, -0.25) is 9.59 Å². The summed E-state index contributed by atoms with van der Waals surface area (Å²) in [5.41, 5.74) is 0. The first-order valence-corrected chi connectivity index (χ1v) is 39.2. The van der Waals surface area contributed by atoms with E-state index in [9.17, 15) is 19.5 Å². The highest BCUT2D eigenvalue weighted by atomic mass is 16.7. The second kappa shape index (κ2) is 71.4. The molecule has 0 spiro atoms. The van der Waals surface area contributed by atoms with Gasteiger partial charge in [0.15, 0.2) is 6.10 Å². The Morgan fingerprint density at radius 3 is 0.899 bits per heavy atom. The van der Waals surface area contributed by atoms with Crippen LogP contribution in [0.4, 0.5) is 0 Å². The van der Waals surface area contributed by atoms with Crippen molar-refractivity contribution in [3.63, 3.8) is 0 Å². The van der Waals surface area contributed by atoms with Crippen molar-refractivity contribution in [2.45, 2.75) is 411 Å². The Bertz CT molecular complexity index is 1550. The van der Waals surface area contributed by atoms with Gasteiger partial charge in [-0.15, -0.1) is 0 Å². The molecular formula is C80H152NO8+. The molecule has 0 saturated carbocycles. The van der Waals surface area contributed by atoms with Gasteiger partial charge in [0.05, 0.1) is 34.4 Å². The first-order chi connectivity index (χ1) is 43.6. The molecule has 0 aromatic carbocycles. The van der Waals surface area contributed by atoms with E-state index < -0.39 is 18.4 Å². The maximum Gasteiger partial charge on any atom is 0.361 e. The van der Waals surface area contributed by atoms with Crippen LogP contribution in [0, 0.1) is 0 Å². The molecule has 2 unspecified atom stereocenters. The molecule has 1 N–H and O–H groups in total. The molecule has 9 nitrogen and oxygen atoms in total. The molecule has 0 rings (SSSR count). The number of aliphatic carboxylic acids is 1. The Hall–Kier alpha value is -2.49. The van der Waals surface area contributed by atoms with Crippen LogP contribution < -0.4 is 0 Å². The van der Waals surface area contributed by atoms with Crippen LogP contribution in [0.5, 0.6) is 0 Å². The highest BCUT2D eigenvalue weighted by Crippen LogP contribution is 2.19. The highest BCUT2D eigenvalue weighted by Gasteiger charge is 2.25. The van der Waals surface area contributed by atoms with Crippen molar-refractivity contribution in [2.75, 3.05) is 47.5 Å². The van der Waals surface area contributed by atoms with E-state index in [1.54, 1.807) is 0 Å². The summed E-state index contributed by atoms with van der Waals surface area (Å²) in [6.07, 6.45) is 88.7. The van der Waals surface area contributed by atoms with Crippen LogP contribution in [0.2, 0.25) is 0 Å². The molecule has 0 aromatic heterocycles. The summed E-state index contributed by atoms with van der Waals surface area (Å²) in [6, 6.07) is 0. The summed E-state index contributed by atoms with van der Waals surface area (Å²) in [4.78, 5) is 37.7. The molecule has 9 heteroatoms. The second-order valence-corrected chi connectivity index (χ2v) is 28.0. The van der Waals surface area contributed by atoms with E-state index in [4.69, 9.17) is 18.9 Å². The lowest BCUT2D eigenvalue weighted by atomic mass is 10.0. The molecule has 0 aliphatic heterocycles. The van der Waals surface area contributed by atoms with Gasteiger partial charge in [0.2, 0.25) is 0 Å². The SMILES string of the molecule is CCCCCCC/C=C\C/C=C\CCCCCCCCCCCCCCCCCCCCCCCCCC(=O)OC(COC(=O)CCCCCCCCCCCCCCCCCCC/C=C\CCCCCCCCCC)COC(OCC[N+](C)(C)C)C(=O)O. The minimum Gasteiger partial charge on any atom is -0.477 e. The highest BCUT2D eigenvalue weighted by molar-refractivity contribution is 5.71. The molecule has 0 fully saturated rings. The number of carbonyl (C=O) groups is 3. The number of esters is 2. The van der Waals surface area contributed by atoms with Crippen molar-refractivity contribution < 1.29 is 42.9 Å². The third-order valence-electron chi connectivity index (χ3n) is 17.9. The number of hydrogen-bond donors (Lipinski definition) is 1.